The van der Waals surface area contributed by atoms with E-state index in [0.29, 0.717) is 3.57 Å². The lowest BCUT2D eigenvalue weighted by Crippen LogP contribution is -1.93. The predicted octanol–water partition coefficient (Wildman–Crippen LogP) is 3.31. The number of thioether (sulfide) groups is 1. The first-order valence-electron chi connectivity index (χ1n) is 3.72. The van der Waals surface area contributed by atoms with Gasteiger partial charge in [0.15, 0.2) is 0 Å². The topological polar surface area (TPSA) is 43.1 Å². The summed E-state index contributed by atoms with van der Waals surface area (Å²) in [7, 11) is 0. The molecule has 0 saturated carbocycles. The average Bonchev–Trinajstić information content (AvgIpc) is 2.04. The third kappa shape index (κ3) is 2.57. The van der Waals surface area contributed by atoms with E-state index in [4.69, 9.17) is 0 Å². The highest BCUT2D eigenvalue weighted by Gasteiger charge is 2.17. The van der Waals surface area contributed by atoms with Crippen LogP contribution in [0.4, 0.5) is 5.69 Å². The zero-order valence-electron chi connectivity index (χ0n) is 6.99. The van der Waals surface area contributed by atoms with E-state index >= 15 is 0 Å². The normalized spacial score (nSPS) is 10.0. The molecule has 0 unspecified atom stereocenters. The molecule has 0 atom stereocenters. The lowest BCUT2D eigenvalue weighted by Gasteiger charge is -2.01. The van der Waals surface area contributed by atoms with E-state index in [9.17, 15) is 10.1 Å². The molecule has 1 aromatic rings. The van der Waals surface area contributed by atoms with E-state index in [-0.39, 0.29) is 10.6 Å². The van der Waals surface area contributed by atoms with Gasteiger partial charge in [-0.25, -0.2) is 0 Å². The first-order chi connectivity index (χ1) is 6.16. The number of para-hydroxylation sites is 1. The van der Waals surface area contributed by atoms with Gasteiger partial charge in [-0.1, -0.05) is 13.0 Å². The van der Waals surface area contributed by atoms with Crippen LogP contribution in [0.15, 0.2) is 23.1 Å². The number of halogens is 1. The van der Waals surface area contributed by atoms with E-state index in [0.717, 1.165) is 10.6 Å². The van der Waals surface area contributed by atoms with Gasteiger partial charge in [-0.2, -0.15) is 0 Å². The maximum atomic E-state index is 10.7. The average molecular weight is 309 g/mol. The van der Waals surface area contributed by atoms with Crippen molar-refractivity contribution in [1.82, 2.24) is 0 Å². The molecule has 13 heavy (non-hydrogen) atoms. The number of benzene rings is 1. The minimum absolute atomic E-state index is 0.231. The quantitative estimate of drug-likeness (QED) is 0.372. The van der Waals surface area contributed by atoms with Gasteiger partial charge in [0.05, 0.1) is 13.4 Å². The summed E-state index contributed by atoms with van der Waals surface area (Å²) in [6.45, 7) is 1.98. The first-order valence-corrected chi connectivity index (χ1v) is 5.79. The molecule has 70 valence electrons. The van der Waals surface area contributed by atoms with Crippen molar-refractivity contribution in [3.05, 3.63) is 31.9 Å². The van der Waals surface area contributed by atoms with Gasteiger partial charge < -0.3 is 0 Å². The second kappa shape index (κ2) is 4.80. The molecule has 0 radical (unpaired) electrons. The Morgan fingerprint density at radius 1 is 1.62 bits per heavy atom. The molecule has 0 aliphatic heterocycles. The van der Waals surface area contributed by atoms with Crippen molar-refractivity contribution in [1.29, 1.82) is 0 Å². The molecule has 0 N–H and O–H groups in total. The molecule has 0 aliphatic carbocycles. The Labute approximate surface area is 94.2 Å². The molecule has 0 amide bonds. The molecule has 0 fully saturated rings. The first kappa shape index (κ1) is 10.8. The second-order valence-corrected chi connectivity index (χ2v) is 4.74. The Balaban J connectivity index is 3.17. The summed E-state index contributed by atoms with van der Waals surface area (Å²) in [5.41, 5.74) is 0.231. The number of nitro benzene ring substituents is 1. The number of hydrogen-bond donors (Lipinski definition) is 0. The summed E-state index contributed by atoms with van der Waals surface area (Å²) in [5.74, 6) is 0.848. The molecule has 0 bridgehead atoms. The Kier molecular flexibility index (Phi) is 3.98. The molecule has 0 saturated heterocycles. The van der Waals surface area contributed by atoms with Gasteiger partial charge in [-0.3, -0.25) is 10.1 Å². The van der Waals surface area contributed by atoms with E-state index in [2.05, 4.69) is 0 Å². The molecule has 5 heteroatoms. The molecular weight excluding hydrogens is 301 g/mol. The summed E-state index contributed by atoms with van der Waals surface area (Å²) in [6.07, 6.45) is 0. The fourth-order valence-electron chi connectivity index (χ4n) is 0.945. The Morgan fingerprint density at radius 3 is 2.85 bits per heavy atom. The van der Waals surface area contributed by atoms with Crippen LogP contribution in [0, 0.1) is 13.7 Å². The van der Waals surface area contributed by atoms with Crippen molar-refractivity contribution >= 4 is 40.0 Å². The third-order valence-electron chi connectivity index (χ3n) is 1.43. The predicted molar refractivity (Wildman–Crippen MR) is 62.2 cm³/mol. The van der Waals surface area contributed by atoms with Gasteiger partial charge >= 0.3 is 0 Å². The Morgan fingerprint density at radius 2 is 2.31 bits per heavy atom. The minimum Gasteiger partial charge on any atom is -0.258 e. The summed E-state index contributed by atoms with van der Waals surface area (Å²) in [5, 5.41) is 10.7. The molecule has 0 heterocycles. The SMILES string of the molecule is CCSc1cccc(I)c1[N+](=O)[O-]. The number of nitrogens with zero attached hydrogens (tertiary/aromatic N) is 1. The van der Waals surface area contributed by atoms with Crippen LogP contribution in [0.25, 0.3) is 0 Å². The highest BCUT2D eigenvalue weighted by atomic mass is 127. The largest absolute Gasteiger partial charge is 0.296 e. The van der Waals surface area contributed by atoms with Crippen LogP contribution in [0.2, 0.25) is 0 Å². The third-order valence-corrected chi connectivity index (χ3v) is 3.23. The zero-order valence-corrected chi connectivity index (χ0v) is 9.96. The molecule has 0 spiro atoms. The number of nitro groups is 1. The fourth-order valence-corrected chi connectivity index (χ4v) is 2.63. The van der Waals surface area contributed by atoms with Crippen molar-refractivity contribution < 1.29 is 4.92 Å². The fraction of sp³-hybridized carbons (Fsp3) is 0.250. The van der Waals surface area contributed by atoms with Crippen molar-refractivity contribution in [2.45, 2.75) is 11.8 Å². The summed E-state index contributed by atoms with van der Waals surface area (Å²) in [6, 6.07) is 5.37. The number of rotatable bonds is 3. The number of hydrogen-bond acceptors (Lipinski definition) is 3. The van der Waals surface area contributed by atoms with Gasteiger partial charge in [0, 0.05) is 0 Å². The molecular formula is C8H8INO2S. The standard InChI is InChI=1S/C8H8INO2S/c1-2-13-7-5-3-4-6(9)8(7)10(11)12/h3-5H,2H2,1H3. The van der Waals surface area contributed by atoms with Crippen LogP contribution in [-0.2, 0) is 0 Å². The maximum absolute atomic E-state index is 10.7. The highest BCUT2D eigenvalue weighted by molar-refractivity contribution is 14.1. The van der Waals surface area contributed by atoms with Crippen LogP contribution < -0.4 is 0 Å². The molecule has 0 aromatic heterocycles. The van der Waals surface area contributed by atoms with Crippen LogP contribution in [0.3, 0.4) is 0 Å². The molecule has 0 aliphatic rings. The van der Waals surface area contributed by atoms with E-state index in [1.165, 1.54) is 11.8 Å². The van der Waals surface area contributed by atoms with Crippen LogP contribution in [0.1, 0.15) is 6.92 Å². The summed E-state index contributed by atoms with van der Waals surface area (Å²) in [4.78, 5) is 11.1. The van der Waals surface area contributed by atoms with Crippen LogP contribution in [-0.4, -0.2) is 10.7 Å². The van der Waals surface area contributed by atoms with Gasteiger partial charge in [-0.15, -0.1) is 11.8 Å². The molecule has 1 rings (SSSR count). The Hall–Kier alpha value is -0.300. The van der Waals surface area contributed by atoms with Crippen LogP contribution in [0.5, 0.6) is 0 Å². The highest BCUT2D eigenvalue weighted by Crippen LogP contribution is 2.32. The van der Waals surface area contributed by atoms with Crippen molar-refractivity contribution in [3.8, 4) is 0 Å². The van der Waals surface area contributed by atoms with Crippen molar-refractivity contribution in [2.24, 2.45) is 0 Å². The van der Waals surface area contributed by atoms with Gasteiger partial charge in [0.2, 0.25) is 0 Å². The minimum atomic E-state index is -0.320. The van der Waals surface area contributed by atoms with E-state index in [1.54, 1.807) is 12.1 Å². The van der Waals surface area contributed by atoms with Gasteiger partial charge in [-0.05, 0) is 40.5 Å². The zero-order chi connectivity index (χ0) is 9.84. The van der Waals surface area contributed by atoms with E-state index in [1.807, 2.05) is 35.6 Å². The second-order valence-electron chi connectivity index (χ2n) is 2.28. The monoisotopic (exact) mass is 309 g/mol. The Bertz CT molecular complexity index is 330. The smallest absolute Gasteiger partial charge is 0.258 e. The summed E-state index contributed by atoms with van der Waals surface area (Å²) < 4.78 is 0.695. The lowest BCUT2D eigenvalue weighted by molar-refractivity contribution is -0.388. The van der Waals surface area contributed by atoms with E-state index < -0.39 is 0 Å². The van der Waals surface area contributed by atoms with Crippen LogP contribution >= 0.6 is 34.4 Å². The van der Waals surface area contributed by atoms with Gasteiger partial charge in [0.25, 0.3) is 5.69 Å². The summed E-state index contributed by atoms with van der Waals surface area (Å²) >= 11 is 3.48. The molecule has 1 aromatic carbocycles. The maximum Gasteiger partial charge on any atom is 0.296 e. The van der Waals surface area contributed by atoms with Gasteiger partial charge in [0.1, 0.15) is 0 Å². The van der Waals surface area contributed by atoms with Crippen molar-refractivity contribution in [2.75, 3.05) is 5.75 Å². The molecule has 3 nitrogen and oxygen atoms in total. The van der Waals surface area contributed by atoms with Crippen molar-refractivity contribution in [3.63, 3.8) is 0 Å². The lowest BCUT2D eigenvalue weighted by atomic mass is 10.3.